The average molecular weight is 491 g/mol. The highest BCUT2D eigenvalue weighted by molar-refractivity contribution is 7.12. The van der Waals surface area contributed by atoms with E-state index >= 15 is 0 Å². The molecule has 3 aromatic rings. The van der Waals surface area contributed by atoms with Crippen LogP contribution in [0.25, 0.3) is 0 Å². The molecule has 35 heavy (non-hydrogen) atoms. The van der Waals surface area contributed by atoms with Crippen LogP contribution >= 0.6 is 11.3 Å². The van der Waals surface area contributed by atoms with Crippen LogP contribution < -0.4 is 15.6 Å². The van der Waals surface area contributed by atoms with Gasteiger partial charge in [-0.05, 0) is 48.3 Å². The smallest absolute Gasteiger partial charge is 0.162 e. The van der Waals surface area contributed by atoms with Crippen molar-refractivity contribution in [2.45, 2.75) is 12.3 Å². The van der Waals surface area contributed by atoms with Crippen LogP contribution in [-0.4, -0.2) is 79.0 Å². The number of nitrogens with zero attached hydrogens (tertiary/aromatic N) is 7. The molecule has 6 rings (SSSR count). The van der Waals surface area contributed by atoms with Crippen LogP contribution in [0.15, 0.2) is 53.1 Å². The van der Waals surface area contributed by atoms with Crippen molar-refractivity contribution < 1.29 is 4.74 Å². The molecule has 3 aliphatic heterocycles. The van der Waals surface area contributed by atoms with E-state index in [0.717, 1.165) is 61.1 Å². The number of aromatic nitrogens is 2. The van der Waals surface area contributed by atoms with Crippen molar-refractivity contribution in [3.05, 3.63) is 64.1 Å². The number of anilines is 3. The van der Waals surface area contributed by atoms with E-state index in [-0.39, 0.29) is 12.3 Å². The first kappa shape index (κ1) is 22.4. The van der Waals surface area contributed by atoms with Gasteiger partial charge in [-0.1, -0.05) is 0 Å². The second-order valence-corrected chi connectivity index (χ2v) is 10.1. The lowest BCUT2D eigenvalue weighted by Gasteiger charge is -2.45. The van der Waals surface area contributed by atoms with Crippen LogP contribution in [0, 0.1) is 0 Å². The molecule has 0 aliphatic carbocycles. The number of nitrogens with two attached hydrogens (primary N) is 1. The summed E-state index contributed by atoms with van der Waals surface area (Å²) in [6.45, 7) is 6.26. The molecular formula is C25H30N8OS. The van der Waals surface area contributed by atoms with E-state index in [2.05, 4.69) is 60.4 Å². The Hall–Kier alpha value is -3.05. The summed E-state index contributed by atoms with van der Waals surface area (Å²) in [5.41, 5.74) is 9.19. The van der Waals surface area contributed by atoms with E-state index in [1.807, 2.05) is 30.7 Å². The summed E-state index contributed by atoms with van der Waals surface area (Å²) >= 11 is 1.71. The standard InChI is InChI=1S/C25H30N8OS/c1-30-7-9-31(10-8-30)24-14-18(4-6-27-24)21-17-32(11-12-34-21)33-20-5-13-35-22(20)16-29-25(33)19-2-3-23(26)28-15-19/h2-6,13-16,21,25H,7-12,17H2,1H3,(H2,26,28). The van der Waals surface area contributed by atoms with E-state index < -0.39 is 0 Å². The first-order valence-corrected chi connectivity index (χ1v) is 12.9. The average Bonchev–Trinajstić information content (AvgIpc) is 3.38. The molecule has 182 valence electrons. The van der Waals surface area contributed by atoms with Crippen LogP contribution in [0.3, 0.4) is 0 Å². The summed E-state index contributed by atoms with van der Waals surface area (Å²) in [7, 11) is 2.17. The number of hydrogen-bond donors (Lipinski definition) is 1. The van der Waals surface area contributed by atoms with Crippen molar-refractivity contribution in [2.24, 2.45) is 4.99 Å². The lowest BCUT2D eigenvalue weighted by molar-refractivity contribution is -0.0377. The Labute approximate surface area is 209 Å². The van der Waals surface area contributed by atoms with Crippen molar-refractivity contribution in [2.75, 3.05) is 68.6 Å². The van der Waals surface area contributed by atoms with Gasteiger partial charge in [-0.3, -0.25) is 10.0 Å². The van der Waals surface area contributed by atoms with Gasteiger partial charge in [0.2, 0.25) is 0 Å². The van der Waals surface area contributed by atoms with Crippen molar-refractivity contribution in [3.8, 4) is 0 Å². The third kappa shape index (κ3) is 4.50. The molecule has 0 aromatic carbocycles. The zero-order valence-electron chi connectivity index (χ0n) is 19.8. The van der Waals surface area contributed by atoms with E-state index in [1.165, 1.54) is 5.69 Å². The second kappa shape index (κ2) is 9.54. The van der Waals surface area contributed by atoms with Crippen LogP contribution in [-0.2, 0) is 4.74 Å². The molecule has 2 fully saturated rings. The predicted octanol–water partition coefficient (Wildman–Crippen LogP) is 2.80. The maximum Gasteiger partial charge on any atom is 0.162 e. The molecule has 0 saturated carbocycles. The number of ether oxygens (including phenoxy) is 1. The van der Waals surface area contributed by atoms with Gasteiger partial charge in [0.1, 0.15) is 11.6 Å². The SMILES string of the molecule is CN1CCN(c2cc(C3CN(N4c5ccsc5C=NC4c4ccc(N)nc4)CCO3)ccn2)CC1. The number of morpholine rings is 1. The Kier molecular flexibility index (Phi) is 6.11. The maximum atomic E-state index is 6.28. The molecule has 0 amide bonds. The van der Waals surface area contributed by atoms with Gasteiger partial charge in [-0.25, -0.2) is 15.0 Å². The van der Waals surface area contributed by atoms with Crippen molar-refractivity contribution in [1.82, 2.24) is 19.9 Å². The summed E-state index contributed by atoms with van der Waals surface area (Å²) in [6, 6.07) is 10.3. The molecule has 10 heteroatoms. The largest absolute Gasteiger partial charge is 0.384 e. The van der Waals surface area contributed by atoms with Gasteiger partial charge in [-0.15, -0.1) is 11.3 Å². The number of aliphatic imine (C=N–C) groups is 1. The third-order valence-corrected chi connectivity index (χ3v) is 7.75. The van der Waals surface area contributed by atoms with E-state index in [1.54, 1.807) is 11.3 Å². The molecule has 2 unspecified atom stereocenters. The Balaban J connectivity index is 1.26. The highest BCUT2D eigenvalue weighted by Crippen LogP contribution is 2.39. The van der Waals surface area contributed by atoms with Gasteiger partial charge in [0, 0.05) is 63.4 Å². The summed E-state index contributed by atoms with van der Waals surface area (Å²) in [4.78, 5) is 19.8. The highest BCUT2D eigenvalue weighted by atomic mass is 32.1. The normalized spacial score (nSPS) is 23.5. The number of hydrogen-bond acceptors (Lipinski definition) is 10. The minimum absolute atomic E-state index is 0.0452. The molecule has 2 saturated heterocycles. The molecule has 0 spiro atoms. The van der Waals surface area contributed by atoms with Crippen LogP contribution in [0.1, 0.15) is 28.3 Å². The number of likely N-dealkylation sites (N-methyl/N-ethyl adjacent to an activating group) is 1. The summed E-state index contributed by atoms with van der Waals surface area (Å²) < 4.78 is 6.28. The Morgan fingerprint density at radius 1 is 1.03 bits per heavy atom. The van der Waals surface area contributed by atoms with Gasteiger partial charge in [0.25, 0.3) is 0 Å². The van der Waals surface area contributed by atoms with Gasteiger partial charge >= 0.3 is 0 Å². The number of nitrogen functional groups attached to an aromatic ring is 1. The van der Waals surface area contributed by atoms with Crippen molar-refractivity contribution in [1.29, 1.82) is 0 Å². The van der Waals surface area contributed by atoms with Crippen molar-refractivity contribution in [3.63, 3.8) is 0 Å². The van der Waals surface area contributed by atoms with Gasteiger partial charge in [0.05, 0.1) is 23.3 Å². The quantitative estimate of drug-likeness (QED) is 0.598. The first-order valence-electron chi connectivity index (χ1n) is 12.0. The molecule has 2 N–H and O–H groups in total. The molecule has 2 atom stereocenters. The molecule has 3 aliphatic rings. The Morgan fingerprint density at radius 3 is 2.74 bits per heavy atom. The van der Waals surface area contributed by atoms with Crippen molar-refractivity contribution >= 4 is 34.9 Å². The number of fused-ring (bicyclic) bond motifs is 1. The third-order valence-electron chi connectivity index (χ3n) is 6.91. The maximum absolute atomic E-state index is 6.28. The van der Waals surface area contributed by atoms with Crippen LogP contribution in [0.5, 0.6) is 0 Å². The summed E-state index contributed by atoms with van der Waals surface area (Å²) in [5.74, 6) is 1.54. The van der Waals surface area contributed by atoms with E-state index in [0.29, 0.717) is 12.4 Å². The van der Waals surface area contributed by atoms with E-state index in [9.17, 15) is 0 Å². The molecule has 0 radical (unpaired) electrons. The Morgan fingerprint density at radius 2 is 1.91 bits per heavy atom. The molecule has 0 bridgehead atoms. The van der Waals surface area contributed by atoms with Gasteiger partial charge < -0.3 is 20.3 Å². The van der Waals surface area contributed by atoms with Gasteiger partial charge in [0.15, 0.2) is 6.17 Å². The monoisotopic (exact) mass is 490 g/mol. The van der Waals surface area contributed by atoms with Crippen LogP contribution in [0.2, 0.25) is 0 Å². The zero-order valence-corrected chi connectivity index (χ0v) is 20.6. The molecule has 9 nitrogen and oxygen atoms in total. The summed E-state index contributed by atoms with van der Waals surface area (Å²) in [6.07, 6.45) is 5.47. The lowest BCUT2D eigenvalue weighted by Crippen LogP contribution is -2.52. The minimum Gasteiger partial charge on any atom is -0.384 e. The first-order chi connectivity index (χ1) is 17.2. The zero-order chi connectivity index (χ0) is 23.8. The van der Waals surface area contributed by atoms with Gasteiger partial charge in [-0.2, -0.15) is 0 Å². The fraction of sp³-hybridized carbons (Fsp3) is 0.400. The predicted molar refractivity (Wildman–Crippen MR) is 140 cm³/mol. The fourth-order valence-corrected chi connectivity index (χ4v) is 5.66. The number of pyridine rings is 2. The molecular weight excluding hydrogens is 460 g/mol. The van der Waals surface area contributed by atoms with E-state index in [4.69, 9.17) is 15.5 Å². The minimum atomic E-state index is -0.192. The number of hydrazine groups is 1. The topological polar surface area (TPSA) is 86.4 Å². The number of rotatable bonds is 4. The Bertz CT molecular complexity index is 1190. The van der Waals surface area contributed by atoms with Crippen LogP contribution in [0.4, 0.5) is 17.3 Å². The lowest BCUT2D eigenvalue weighted by atomic mass is 10.1. The number of piperazine rings is 1. The summed E-state index contributed by atoms with van der Waals surface area (Å²) in [5, 5.41) is 6.79. The fourth-order valence-electron chi connectivity index (χ4n) is 4.91. The molecule has 6 heterocycles. The highest BCUT2D eigenvalue weighted by Gasteiger charge is 2.35. The number of thiophene rings is 1. The second-order valence-electron chi connectivity index (χ2n) is 9.19. The molecule has 3 aromatic heterocycles.